The highest BCUT2D eigenvalue weighted by atomic mass is 19.1. The molecule has 0 amide bonds. The molecule has 0 aliphatic rings. The van der Waals surface area contributed by atoms with E-state index in [4.69, 9.17) is 11.0 Å². The highest BCUT2D eigenvalue weighted by Gasteiger charge is 2.15. The minimum atomic E-state index is -0.636. The molecule has 0 heterocycles. The number of anilines is 1. The number of rotatable bonds is 4. The van der Waals surface area contributed by atoms with Gasteiger partial charge < -0.3 is 16.2 Å². The number of benzene rings is 1. The van der Waals surface area contributed by atoms with Crippen LogP contribution in [0.2, 0.25) is 0 Å². The molecule has 0 saturated carbocycles. The summed E-state index contributed by atoms with van der Waals surface area (Å²) in [4.78, 5) is 0. The van der Waals surface area contributed by atoms with E-state index in [1.807, 2.05) is 19.9 Å². The van der Waals surface area contributed by atoms with Crippen molar-refractivity contribution in [2.24, 2.45) is 0 Å². The van der Waals surface area contributed by atoms with Gasteiger partial charge in [0.2, 0.25) is 0 Å². The standard InChI is InChI=1S/C12H16FN3O/c1-7(2)16-11(6-17)8-3-9(5-14)12(15)10(13)4-8/h3-4,7,11,16-17H,6,15H2,1-2H3. The summed E-state index contributed by atoms with van der Waals surface area (Å²) < 4.78 is 13.5. The lowest BCUT2D eigenvalue weighted by Gasteiger charge is -2.20. The molecule has 0 aliphatic heterocycles. The zero-order chi connectivity index (χ0) is 13.0. The van der Waals surface area contributed by atoms with Crippen LogP contribution in [0, 0.1) is 17.1 Å². The van der Waals surface area contributed by atoms with Gasteiger partial charge in [-0.15, -0.1) is 0 Å². The predicted molar refractivity (Wildman–Crippen MR) is 63.6 cm³/mol. The van der Waals surface area contributed by atoms with Crippen molar-refractivity contribution in [3.63, 3.8) is 0 Å². The summed E-state index contributed by atoms with van der Waals surface area (Å²) in [6.07, 6.45) is 0. The first-order valence-corrected chi connectivity index (χ1v) is 5.35. The minimum Gasteiger partial charge on any atom is -0.395 e. The van der Waals surface area contributed by atoms with Crippen LogP contribution < -0.4 is 11.1 Å². The number of nitriles is 1. The quantitative estimate of drug-likeness (QED) is 0.689. The van der Waals surface area contributed by atoms with E-state index in [-0.39, 0.29) is 23.9 Å². The number of hydrogen-bond acceptors (Lipinski definition) is 4. The number of nitrogens with one attached hydrogen (secondary N) is 1. The molecule has 0 spiro atoms. The average Bonchev–Trinajstić information content (AvgIpc) is 2.29. The van der Waals surface area contributed by atoms with Gasteiger partial charge in [0.25, 0.3) is 0 Å². The molecule has 0 saturated heterocycles. The fourth-order valence-electron chi connectivity index (χ4n) is 1.59. The Morgan fingerprint density at radius 3 is 2.65 bits per heavy atom. The van der Waals surface area contributed by atoms with Crippen LogP contribution in [0.15, 0.2) is 12.1 Å². The molecule has 1 atom stereocenters. The lowest BCUT2D eigenvalue weighted by atomic mass is 10.0. The third-order valence-corrected chi connectivity index (χ3v) is 2.39. The molecule has 1 rings (SSSR count). The van der Waals surface area contributed by atoms with Crippen LogP contribution in [-0.2, 0) is 0 Å². The van der Waals surface area contributed by atoms with Gasteiger partial charge in [0.15, 0.2) is 0 Å². The molecule has 1 unspecified atom stereocenters. The van der Waals surface area contributed by atoms with Gasteiger partial charge >= 0.3 is 0 Å². The van der Waals surface area contributed by atoms with Crippen molar-refractivity contribution >= 4 is 5.69 Å². The van der Waals surface area contributed by atoms with Crippen LogP contribution in [0.5, 0.6) is 0 Å². The predicted octanol–water partition coefficient (Wildman–Crippen LogP) is 1.31. The Labute approximate surface area is 99.9 Å². The van der Waals surface area contributed by atoms with Crippen molar-refractivity contribution in [3.8, 4) is 6.07 Å². The number of aliphatic hydroxyl groups excluding tert-OH is 1. The van der Waals surface area contributed by atoms with Crippen molar-refractivity contribution in [1.29, 1.82) is 5.26 Å². The number of nitrogen functional groups attached to an aromatic ring is 1. The number of aliphatic hydroxyl groups is 1. The monoisotopic (exact) mass is 237 g/mol. The van der Waals surface area contributed by atoms with Gasteiger partial charge in [0.1, 0.15) is 11.9 Å². The Kier molecular flexibility index (Phi) is 4.44. The van der Waals surface area contributed by atoms with E-state index >= 15 is 0 Å². The van der Waals surface area contributed by atoms with Crippen molar-refractivity contribution in [2.45, 2.75) is 25.9 Å². The lowest BCUT2D eigenvalue weighted by Crippen LogP contribution is -2.30. The summed E-state index contributed by atoms with van der Waals surface area (Å²) in [5.41, 5.74) is 5.87. The van der Waals surface area contributed by atoms with Crippen molar-refractivity contribution < 1.29 is 9.50 Å². The minimum absolute atomic E-state index is 0.0870. The van der Waals surface area contributed by atoms with Gasteiger partial charge in [-0.2, -0.15) is 5.26 Å². The number of nitrogens with two attached hydrogens (primary N) is 1. The van der Waals surface area contributed by atoms with E-state index < -0.39 is 11.9 Å². The van der Waals surface area contributed by atoms with Crippen molar-refractivity contribution in [1.82, 2.24) is 5.32 Å². The highest BCUT2D eigenvalue weighted by Crippen LogP contribution is 2.22. The first-order chi connectivity index (χ1) is 7.99. The molecule has 17 heavy (non-hydrogen) atoms. The maximum absolute atomic E-state index is 13.5. The van der Waals surface area contributed by atoms with Crippen molar-refractivity contribution in [3.05, 3.63) is 29.1 Å². The average molecular weight is 237 g/mol. The SMILES string of the molecule is CC(C)NC(CO)c1cc(F)c(N)c(C#N)c1. The number of hydrogen-bond donors (Lipinski definition) is 3. The van der Waals surface area contributed by atoms with Crippen LogP contribution in [0.4, 0.5) is 10.1 Å². The highest BCUT2D eigenvalue weighted by molar-refractivity contribution is 5.56. The van der Waals surface area contributed by atoms with Crippen molar-refractivity contribution in [2.75, 3.05) is 12.3 Å². The molecule has 0 bridgehead atoms. The third-order valence-electron chi connectivity index (χ3n) is 2.39. The van der Waals surface area contributed by atoms with E-state index in [0.29, 0.717) is 5.56 Å². The molecule has 0 aromatic heterocycles. The smallest absolute Gasteiger partial charge is 0.147 e. The summed E-state index contributed by atoms with van der Waals surface area (Å²) in [6, 6.07) is 4.30. The van der Waals surface area contributed by atoms with E-state index in [1.165, 1.54) is 12.1 Å². The Balaban J connectivity index is 3.13. The summed E-state index contributed by atoms with van der Waals surface area (Å²) in [7, 11) is 0. The second-order valence-electron chi connectivity index (χ2n) is 4.13. The molecular weight excluding hydrogens is 221 g/mol. The summed E-state index contributed by atoms with van der Waals surface area (Å²) in [5.74, 6) is -0.636. The van der Waals surface area contributed by atoms with Crippen LogP contribution in [0.3, 0.4) is 0 Å². The van der Waals surface area contributed by atoms with E-state index in [0.717, 1.165) is 0 Å². The van der Waals surface area contributed by atoms with Gasteiger partial charge in [0, 0.05) is 6.04 Å². The van der Waals surface area contributed by atoms with Gasteiger partial charge in [-0.05, 0) is 17.7 Å². The second kappa shape index (κ2) is 5.62. The zero-order valence-electron chi connectivity index (χ0n) is 9.87. The largest absolute Gasteiger partial charge is 0.395 e. The second-order valence-corrected chi connectivity index (χ2v) is 4.13. The molecule has 5 heteroatoms. The van der Waals surface area contributed by atoms with Crippen LogP contribution in [-0.4, -0.2) is 17.8 Å². The van der Waals surface area contributed by atoms with Crippen LogP contribution >= 0.6 is 0 Å². The number of halogens is 1. The molecular formula is C12H16FN3O. The maximum Gasteiger partial charge on any atom is 0.147 e. The van der Waals surface area contributed by atoms with Gasteiger partial charge in [-0.25, -0.2) is 4.39 Å². The maximum atomic E-state index is 13.5. The Morgan fingerprint density at radius 1 is 1.53 bits per heavy atom. The Hall–Kier alpha value is -1.64. The van der Waals surface area contributed by atoms with Gasteiger partial charge in [0.05, 0.1) is 23.9 Å². The van der Waals surface area contributed by atoms with Gasteiger partial charge in [-0.1, -0.05) is 13.8 Å². The number of nitrogens with zero attached hydrogens (tertiary/aromatic N) is 1. The summed E-state index contributed by atoms with van der Waals surface area (Å²) in [5, 5.41) is 21.2. The molecule has 0 radical (unpaired) electrons. The molecule has 92 valence electrons. The molecule has 4 nitrogen and oxygen atoms in total. The molecule has 0 aliphatic carbocycles. The molecule has 1 aromatic carbocycles. The van der Waals surface area contributed by atoms with E-state index in [2.05, 4.69) is 5.32 Å². The fraction of sp³-hybridized carbons (Fsp3) is 0.417. The Morgan fingerprint density at radius 2 is 2.18 bits per heavy atom. The van der Waals surface area contributed by atoms with Gasteiger partial charge in [-0.3, -0.25) is 0 Å². The fourth-order valence-corrected chi connectivity index (χ4v) is 1.59. The Bertz CT molecular complexity index is 440. The lowest BCUT2D eigenvalue weighted by molar-refractivity contribution is 0.237. The normalized spacial score (nSPS) is 12.5. The van der Waals surface area contributed by atoms with E-state index in [9.17, 15) is 9.50 Å². The first-order valence-electron chi connectivity index (χ1n) is 5.35. The third kappa shape index (κ3) is 3.16. The van der Waals surface area contributed by atoms with Crippen LogP contribution in [0.1, 0.15) is 31.0 Å². The van der Waals surface area contributed by atoms with Crippen LogP contribution in [0.25, 0.3) is 0 Å². The molecule has 0 fully saturated rings. The first kappa shape index (κ1) is 13.4. The zero-order valence-corrected chi connectivity index (χ0v) is 9.87. The summed E-state index contributed by atoms with van der Waals surface area (Å²) in [6.45, 7) is 3.66. The molecule has 1 aromatic rings. The summed E-state index contributed by atoms with van der Waals surface area (Å²) >= 11 is 0. The topological polar surface area (TPSA) is 82.1 Å². The van der Waals surface area contributed by atoms with E-state index in [1.54, 1.807) is 0 Å². The molecule has 4 N–H and O–H groups in total.